The molecule has 1 saturated heterocycles. The summed E-state index contributed by atoms with van der Waals surface area (Å²) in [5, 5.41) is 2.97. The average Bonchev–Trinajstić information content (AvgIpc) is 3.03. The smallest absolute Gasteiger partial charge is 0.376 e. The second kappa shape index (κ2) is 10.5. The Hall–Kier alpha value is -2.41. The highest BCUT2D eigenvalue weighted by Crippen LogP contribution is 2.49. The number of nitrogens with one attached hydrogen (secondary N) is 1. The van der Waals surface area contributed by atoms with E-state index in [9.17, 15) is 22.4 Å². The molecule has 1 N–H and O–H groups in total. The predicted molar refractivity (Wildman–Crippen MR) is 142 cm³/mol. The zero-order chi connectivity index (χ0) is 28.2. The van der Waals surface area contributed by atoms with Gasteiger partial charge in [-0.2, -0.15) is 18.2 Å². The molecule has 0 spiro atoms. The van der Waals surface area contributed by atoms with E-state index in [1.807, 2.05) is 13.8 Å². The van der Waals surface area contributed by atoms with E-state index in [4.69, 9.17) is 16.3 Å². The number of rotatable bonds is 4. The molecule has 0 amide bonds. The van der Waals surface area contributed by atoms with E-state index in [1.54, 1.807) is 11.8 Å². The van der Waals surface area contributed by atoms with Crippen LogP contribution in [0.25, 0.3) is 22.0 Å². The zero-order valence-electron chi connectivity index (χ0n) is 21.3. The molecule has 3 aromatic rings. The summed E-state index contributed by atoms with van der Waals surface area (Å²) in [7, 11) is 0. The topological polar surface area (TPSA) is 59.4 Å². The van der Waals surface area contributed by atoms with E-state index in [0.29, 0.717) is 25.8 Å². The van der Waals surface area contributed by atoms with Crippen LogP contribution in [0.2, 0.25) is 5.02 Å². The lowest BCUT2D eigenvalue weighted by Gasteiger charge is -2.37. The van der Waals surface area contributed by atoms with E-state index in [-0.39, 0.29) is 46.0 Å². The lowest BCUT2D eigenvalue weighted by Crippen LogP contribution is -2.55. The van der Waals surface area contributed by atoms with Gasteiger partial charge in [0.15, 0.2) is 0 Å². The van der Waals surface area contributed by atoms with E-state index in [1.165, 1.54) is 4.57 Å². The van der Waals surface area contributed by atoms with Crippen LogP contribution in [-0.2, 0) is 17.5 Å². The Kier molecular flexibility index (Phi) is 7.60. The maximum Gasteiger partial charge on any atom is 0.417 e. The Morgan fingerprint density at radius 2 is 1.82 bits per heavy atom. The third kappa shape index (κ3) is 5.23. The number of anilines is 1. The van der Waals surface area contributed by atoms with E-state index in [2.05, 4.69) is 10.3 Å². The summed E-state index contributed by atoms with van der Waals surface area (Å²) in [5.41, 5.74) is -2.57. The number of benzene rings is 2. The monoisotopic (exact) mass is 588 g/mol. The van der Waals surface area contributed by atoms with Crippen LogP contribution in [0.3, 0.4) is 0 Å². The van der Waals surface area contributed by atoms with Gasteiger partial charge in [0.25, 0.3) is 0 Å². The second-order valence-corrected chi connectivity index (χ2v) is 11.3. The summed E-state index contributed by atoms with van der Waals surface area (Å²) >= 11 is 6.95. The molecular weight excluding hydrogens is 563 g/mol. The van der Waals surface area contributed by atoms with Gasteiger partial charge in [-0.3, -0.25) is 4.57 Å². The molecule has 6 nitrogen and oxygen atoms in total. The van der Waals surface area contributed by atoms with Crippen LogP contribution >= 0.6 is 23.4 Å². The molecule has 39 heavy (non-hydrogen) atoms. The predicted octanol–water partition coefficient (Wildman–Crippen LogP) is 5.71. The van der Waals surface area contributed by atoms with Crippen molar-refractivity contribution in [2.75, 3.05) is 30.3 Å². The van der Waals surface area contributed by atoms with Crippen LogP contribution in [0.15, 0.2) is 27.9 Å². The standard InChI is InChI=1S/C26H26ClF5N4O2S/c1-4-38-14-10-36-22-16(24(34-25(36)37)35-8-12(2)33-13(3)9-35)5-17(26(30,31)32)21(23(22)39-11-14)15-6-18(27)20(29)7-19(15)28/h5-7,12-14,33H,4,8-11H2,1-3H3/t12-,13+,14-/m0/s1. The number of ether oxygens (including phenoxy) is 1. The van der Waals surface area contributed by atoms with Crippen molar-refractivity contribution in [2.24, 2.45) is 0 Å². The van der Waals surface area contributed by atoms with Crippen molar-refractivity contribution in [1.29, 1.82) is 0 Å². The van der Waals surface area contributed by atoms with Crippen LogP contribution in [0.5, 0.6) is 0 Å². The lowest BCUT2D eigenvalue weighted by atomic mass is 9.95. The molecule has 0 bridgehead atoms. The number of hydrogen-bond donors (Lipinski definition) is 1. The van der Waals surface area contributed by atoms with Gasteiger partial charge in [0, 0.05) is 65.0 Å². The van der Waals surface area contributed by atoms with Crippen molar-refractivity contribution in [3.05, 3.63) is 50.9 Å². The third-order valence-electron chi connectivity index (χ3n) is 6.84. The molecule has 1 fully saturated rings. The van der Waals surface area contributed by atoms with Crippen LogP contribution in [0.1, 0.15) is 26.3 Å². The first-order valence-corrected chi connectivity index (χ1v) is 13.8. The summed E-state index contributed by atoms with van der Waals surface area (Å²) in [6, 6.07) is 2.23. The molecule has 0 saturated carbocycles. The Morgan fingerprint density at radius 3 is 2.46 bits per heavy atom. The van der Waals surface area contributed by atoms with Gasteiger partial charge in [0.2, 0.25) is 0 Å². The lowest BCUT2D eigenvalue weighted by molar-refractivity contribution is -0.137. The number of aromatic nitrogens is 2. The molecule has 5 rings (SSSR count). The van der Waals surface area contributed by atoms with Gasteiger partial charge < -0.3 is 15.0 Å². The van der Waals surface area contributed by atoms with Crippen LogP contribution in [0.4, 0.5) is 27.8 Å². The van der Waals surface area contributed by atoms with Crippen molar-refractivity contribution in [3.8, 4) is 11.1 Å². The Morgan fingerprint density at radius 1 is 1.13 bits per heavy atom. The highest BCUT2D eigenvalue weighted by atomic mass is 35.5. The molecule has 2 aromatic carbocycles. The number of nitrogens with zero attached hydrogens (tertiary/aromatic N) is 3. The average molecular weight is 589 g/mol. The molecule has 210 valence electrons. The molecule has 1 aromatic heterocycles. The number of alkyl halides is 3. The first-order valence-electron chi connectivity index (χ1n) is 12.5. The third-order valence-corrected chi connectivity index (χ3v) is 8.36. The first-order chi connectivity index (χ1) is 18.4. The van der Waals surface area contributed by atoms with Gasteiger partial charge in [-0.1, -0.05) is 11.6 Å². The Balaban J connectivity index is 1.91. The summed E-state index contributed by atoms with van der Waals surface area (Å²) in [4.78, 5) is 19.6. The minimum Gasteiger partial charge on any atom is -0.376 e. The van der Waals surface area contributed by atoms with Crippen LogP contribution < -0.4 is 15.9 Å². The van der Waals surface area contributed by atoms with Crippen LogP contribution in [0, 0.1) is 11.6 Å². The molecule has 2 aliphatic heterocycles. The molecular formula is C26H26ClF5N4O2S. The van der Waals surface area contributed by atoms with Crippen molar-refractivity contribution in [3.63, 3.8) is 0 Å². The normalized spacial score (nSPS) is 21.9. The largest absolute Gasteiger partial charge is 0.417 e. The Labute approximate surface area is 230 Å². The minimum atomic E-state index is -4.91. The van der Waals surface area contributed by atoms with Crippen molar-refractivity contribution in [2.45, 2.75) is 56.6 Å². The Bertz CT molecular complexity index is 1490. The zero-order valence-corrected chi connectivity index (χ0v) is 22.9. The SMILES string of the molecule is CCO[C@@H]1CSc2c(-c3cc(Cl)c(F)cc3F)c(C(F)(F)F)cc3c(N4C[C@@H](C)N[C@@H](C)C4)nc(=O)n(c23)C1. The maximum absolute atomic E-state index is 15.2. The van der Waals surface area contributed by atoms with E-state index in [0.717, 1.165) is 23.9 Å². The van der Waals surface area contributed by atoms with E-state index >= 15 is 4.39 Å². The molecule has 3 atom stereocenters. The number of hydrogen-bond acceptors (Lipinski definition) is 6. The minimum absolute atomic E-state index is 0.00305. The number of thioether (sulfide) groups is 1. The summed E-state index contributed by atoms with van der Waals surface area (Å²) < 4.78 is 80.4. The van der Waals surface area contributed by atoms with Crippen LogP contribution in [-0.4, -0.2) is 53.2 Å². The summed E-state index contributed by atoms with van der Waals surface area (Å²) in [5.74, 6) is -1.95. The molecule has 0 unspecified atom stereocenters. The second-order valence-electron chi connectivity index (χ2n) is 9.86. The first kappa shape index (κ1) is 28.1. The molecule has 3 heterocycles. The summed E-state index contributed by atoms with van der Waals surface area (Å²) in [6.45, 7) is 6.88. The number of halogens is 6. The highest BCUT2D eigenvalue weighted by molar-refractivity contribution is 7.99. The highest BCUT2D eigenvalue weighted by Gasteiger charge is 2.39. The van der Waals surface area contributed by atoms with Gasteiger partial charge in [0.05, 0.1) is 28.8 Å². The maximum atomic E-state index is 15.2. The van der Waals surface area contributed by atoms with Gasteiger partial charge in [-0.05, 0) is 32.9 Å². The fraction of sp³-hybridized carbons (Fsp3) is 0.462. The number of piperazine rings is 1. The van der Waals surface area contributed by atoms with E-state index < -0.39 is 51.3 Å². The quantitative estimate of drug-likeness (QED) is 0.311. The fourth-order valence-electron chi connectivity index (χ4n) is 5.42. The molecule has 13 heteroatoms. The van der Waals surface area contributed by atoms with Crippen molar-refractivity contribution in [1.82, 2.24) is 14.9 Å². The van der Waals surface area contributed by atoms with Gasteiger partial charge in [-0.15, -0.1) is 11.8 Å². The van der Waals surface area contributed by atoms with Gasteiger partial charge >= 0.3 is 11.9 Å². The molecule has 0 radical (unpaired) electrons. The van der Waals surface area contributed by atoms with Crippen molar-refractivity contribution < 1.29 is 26.7 Å². The fourth-order valence-corrected chi connectivity index (χ4v) is 6.86. The molecule has 0 aliphatic carbocycles. The van der Waals surface area contributed by atoms with Gasteiger partial charge in [-0.25, -0.2) is 13.6 Å². The molecule has 2 aliphatic rings. The van der Waals surface area contributed by atoms with Gasteiger partial charge in [0.1, 0.15) is 17.5 Å². The van der Waals surface area contributed by atoms with Crippen molar-refractivity contribution >= 4 is 40.1 Å². The summed E-state index contributed by atoms with van der Waals surface area (Å²) in [6.07, 6.45) is -5.43.